The van der Waals surface area contributed by atoms with Crippen LogP contribution < -0.4 is 0 Å². The van der Waals surface area contributed by atoms with Crippen molar-refractivity contribution in [2.45, 2.75) is 0 Å². The first kappa shape index (κ1) is 33.0. The van der Waals surface area contributed by atoms with Crippen LogP contribution in [0.5, 0.6) is 0 Å². The molecule has 0 amide bonds. The van der Waals surface area contributed by atoms with E-state index in [9.17, 15) is 0 Å². The van der Waals surface area contributed by atoms with E-state index in [1.165, 1.54) is 0 Å². The molecule has 0 atom stereocenters. The summed E-state index contributed by atoms with van der Waals surface area (Å²) in [6.07, 6.45) is 0. The molecule has 7 nitrogen and oxygen atoms in total. The Kier molecular flexibility index (Phi) is 7.40. The molecular weight excluding hydrogens is 725 g/mol. The van der Waals surface area contributed by atoms with Crippen LogP contribution in [0.2, 0.25) is 0 Å². The summed E-state index contributed by atoms with van der Waals surface area (Å²) in [6, 6.07) is 66.9. The van der Waals surface area contributed by atoms with Gasteiger partial charge < -0.3 is 8.98 Å². The second kappa shape index (κ2) is 13.2. The molecule has 8 aromatic carbocycles. The highest BCUT2D eigenvalue weighted by atomic mass is 16.3. The molecule has 59 heavy (non-hydrogen) atoms. The predicted molar refractivity (Wildman–Crippen MR) is 238 cm³/mol. The Morgan fingerprint density at radius 2 is 0.898 bits per heavy atom. The lowest BCUT2D eigenvalue weighted by Gasteiger charge is -2.15. The maximum Gasteiger partial charge on any atom is 0.238 e. The van der Waals surface area contributed by atoms with Gasteiger partial charge in [-0.2, -0.15) is 9.97 Å². The van der Waals surface area contributed by atoms with Crippen LogP contribution in [0.1, 0.15) is 0 Å². The number of aromatic nitrogens is 6. The first-order valence-electron chi connectivity index (χ1n) is 19.7. The van der Waals surface area contributed by atoms with Crippen molar-refractivity contribution < 1.29 is 4.42 Å². The third-order valence-corrected chi connectivity index (χ3v) is 11.2. The molecule has 0 fully saturated rings. The third kappa shape index (κ3) is 5.29. The van der Waals surface area contributed by atoms with Gasteiger partial charge in [0, 0.05) is 43.9 Å². The van der Waals surface area contributed by atoms with Gasteiger partial charge in [0.1, 0.15) is 5.52 Å². The lowest BCUT2D eigenvalue weighted by atomic mass is 9.98. The summed E-state index contributed by atoms with van der Waals surface area (Å²) in [6.45, 7) is 0. The quantitative estimate of drug-likeness (QED) is 0.169. The largest absolute Gasteiger partial charge is 0.436 e. The summed E-state index contributed by atoms with van der Waals surface area (Å²) in [5.41, 5.74) is 11.6. The highest BCUT2D eigenvalue weighted by Gasteiger charge is 2.24. The van der Waals surface area contributed by atoms with Crippen molar-refractivity contribution in [1.29, 1.82) is 0 Å². The van der Waals surface area contributed by atoms with Crippen molar-refractivity contribution in [1.82, 2.24) is 29.1 Å². The maximum absolute atomic E-state index is 6.39. The Morgan fingerprint density at radius 3 is 1.53 bits per heavy atom. The monoisotopic (exact) mass is 756 g/mol. The Morgan fingerprint density at radius 1 is 0.373 bits per heavy atom. The van der Waals surface area contributed by atoms with Gasteiger partial charge >= 0.3 is 0 Å². The summed E-state index contributed by atoms with van der Waals surface area (Å²) in [4.78, 5) is 20.5. The molecular formula is C52H32N6O. The SMILES string of the molecule is c1ccc(-c2nc(-c3ccccc3)nc(-n3c4ccccc4c4ccc5c6ccccc6n(-c6ccc(-c7nc8ccccc8o7)c(-c7ccccc7)c6)c5c43)n2)cc1. The molecule has 0 saturated carbocycles. The highest BCUT2D eigenvalue weighted by molar-refractivity contribution is 6.23. The van der Waals surface area contributed by atoms with Crippen LogP contribution >= 0.6 is 0 Å². The molecule has 0 saturated heterocycles. The average molecular weight is 757 g/mol. The fraction of sp³-hybridized carbons (Fsp3) is 0. The smallest absolute Gasteiger partial charge is 0.238 e. The fourth-order valence-corrected chi connectivity index (χ4v) is 8.58. The van der Waals surface area contributed by atoms with Gasteiger partial charge in [-0.3, -0.25) is 4.57 Å². The van der Waals surface area contributed by atoms with E-state index in [0.29, 0.717) is 23.5 Å². The molecule has 0 radical (unpaired) electrons. The van der Waals surface area contributed by atoms with Gasteiger partial charge in [-0.1, -0.05) is 152 Å². The predicted octanol–water partition coefficient (Wildman–Crippen LogP) is 12.9. The Hall–Kier alpha value is -8.16. The topological polar surface area (TPSA) is 74.6 Å². The summed E-state index contributed by atoms with van der Waals surface area (Å²) in [7, 11) is 0. The first-order chi connectivity index (χ1) is 29.3. The second-order valence-corrected chi connectivity index (χ2v) is 14.7. The molecule has 0 aliphatic rings. The standard InChI is InChI=1S/C52H32N6O/c1-4-16-33(17-5-1)42-32-36(28-29-41(42)51-53-43-24-12-15-27-46(43)59-51)57-44-25-13-10-22-37(44)39-30-31-40-38-23-11-14-26-45(38)58(48(40)47(39)57)52-55-49(34-18-6-2-7-19-34)54-50(56-52)35-20-8-3-9-21-35/h1-32H. The Balaban J connectivity index is 1.19. The minimum Gasteiger partial charge on any atom is -0.436 e. The number of fused-ring (bicyclic) bond motifs is 8. The number of nitrogens with zero attached hydrogens (tertiary/aromatic N) is 6. The van der Waals surface area contributed by atoms with Gasteiger partial charge in [0.05, 0.1) is 22.1 Å². The van der Waals surface area contributed by atoms with Crippen LogP contribution in [0.15, 0.2) is 199 Å². The minimum absolute atomic E-state index is 0.546. The molecule has 12 rings (SSSR count). The lowest BCUT2D eigenvalue weighted by Crippen LogP contribution is -2.07. The van der Waals surface area contributed by atoms with Gasteiger partial charge in [0.25, 0.3) is 0 Å². The summed E-state index contributed by atoms with van der Waals surface area (Å²) >= 11 is 0. The van der Waals surface area contributed by atoms with Gasteiger partial charge in [0.15, 0.2) is 17.2 Å². The first-order valence-corrected chi connectivity index (χ1v) is 19.7. The van der Waals surface area contributed by atoms with E-state index < -0.39 is 0 Å². The molecule has 0 spiro atoms. The van der Waals surface area contributed by atoms with Crippen LogP contribution in [0.25, 0.3) is 112 Å². The van der Waals surface area contributed by atoms with E-state index in [1.807, 2.05) is 91.0 Å². The van der Waals surface area contributed by atoms with E-state index in [0.717, 1.165) is 88.2 Å². The third-order valence-electron chi connectivity index (χ3n) is 11.2. The van der Waals surface area contributed by atoms with Crippen LogP contribution in [0.4, 0.5) is 0 Å². The molecule has 7 heteroatoms. The minimum atomic E-state index is 0.546. The zero-order chi connectivity index (χ0) is 38.9. The summed E-state index contributed by atoms with van der Waals surface area (Å²) in [5, 5.41) is 4.49. The molecule has 0 bridgehead atoms. The van der Waals surface area contributed by atoms with Crippen molar-refractivity contribution in [3.05, 3.63) is 194 Å². The van der Waals surface area contributed by atoms with Crippen molar-refractivity contribution in [3.8, 4) is 57.0 Å². The van der Waals surface area contributed by atoms with Crippen LogP contribution in [0.3, 0.4) is 0 Å². The summed E-state index contributed by atoms with van der Waals surface area (Å²) < 4.78 is 11.0. The number of oxazole rings is 1. The zero-order valence-corrected chi connectivity index (χ0v) is 31.6. The number of para-hydroxylation sites is 4. The molecule has 0 N–H and O–H groups in total. The van der Waals surface area contributed by atoms with E-state index in [1.54, 1.807) is 0 Å². The second-order valence-electron chi connectivity index (χ2n) is 14.7. The van der Waals surface area contributed by atoms with Gasteiger partial charge in [0.2, 0.25) is 11.8 Å². The summed E-state index contributed by atoms with van der Waals surface area (Å²) in [5.74, 6) is 2.34. The Bertz CT molecular complexity index is 3460. The maximum atomic E-state index is 6.39. The van der Waals surface area contributed by atoms with Gasteiger partial charge in [-0.05, 0) is 53.6 Å². The highest BCUT2D eigenvalue weighted by Crippen LogP contribution is 2.43. The molecule has 12 aromatic rings. The number of hydrogen-bond donors (Lipinski definition) is 0. The van der Waals surface area contributed by atoms with E-state index in [2.05, 4.69) is 112 Å². The average Bonchev–Trinajstić information content (AvgIpc) is 4.00. The Labute approximate surface area is 338 Å². The fourth-order valence-electron chi connectivity index (χ4n) is 8.58. The van der Waals surface area contributed by atoms with E-state index in [4.69, 9.17) is 24.4 Å². The molecule has 276 valence electrons. The van der Waals surface area contributed by atoms with Gasteiger partial charge in [-0.25, -0.2) is 9.97 Å². The number of hydrogen-bond acceptors (Lipinski definition) is 5. The van der Waals surface area contributed by atoms with Crippen LogP contribution in [0, 0.1) is 0 Å². The van der Waals surface area contributed by atoms with Crippen molar-refractivity contribution in [2.24, 2.45) is 0 Å². The number of benzene rings is 8. The molecule has 0 unspecified atom stereocenters. The molecule has 4 heterocycles. The molecule has 4 aromatic heterocycles. The van der Waals surface area contributed by atoms with Crippen molar-refractivity contribution in [2.75, 3.05) is 0 Å². The van der Waals surface area contributed by atoms with Crippen LogP contribution in [-0.2, 0) is 0 Å². The van der Waals surface area contributed by atoms with E-state index >= 15 is 0 Å². The number of rotatable bonds is 6. The zero-order valence-electron chi connectivity index (χ0n) is 31.6. The van der Waals surface area contributed by atoms with Crippen LogP contribution in [-0.4, -0.2) is 29.1 Å². The molecule has 0 aliphatic heterocycles. The van der Waals surface area contributed by atoms with Crippen molar-refractivity contribution >= 4 is 54.7 Å². The van der Waals surface area contributed by atoms with Crippen molar-refractivity contribution in [3.63, 3.8) is 0 Å². The molecule has 0 aliphatic carbocycles. The lowest BCUT2D eigenvalue weighted by molar-refractivity contribution is 0.620. The van der Waals surface area contributed by atoms with Gasteiger partial charge in [-0.15, -0.1) is 0 Å². The normalized spacial score (nSPS) is 11.7. The van der Waals surface area contributed by atoms with E-state index in [-0.39, 0.29) is 0 Å².